The largest absolute Gasteiger partial charge is 0.460 e. The third-order valence-corrected chi connectivity index (χ3v) is 18.0. The van der Waals surface area contributed by atoms with Crippen LogP contribution >= 0.6 is 39.1 Å². The molecule has 0 aliphatic heterocycles. The molecule has 0 saturated heterocycles. The van der Waals surface area contributed by atoms with Crippen LogP contribution in [0.25, 0.3) is 11.6 Å². The number of methoxy groups -OCH3 is 4. The fraction of sp³-hybridized carbons (Fsp3) is 0.486. The lowest BCUT2D eigenvalue weighted by Gasteiger charge is -2.22. The first-order chi connectivity index (χ1) is 49.5. The summed E-state index contributed by atoms with van der Waals surface area (Å²) < 4.78 is 33.3. The Morgan fingerprint density at radius 3 is 1.33 bits per heavy atom. The van der Waals surface area contributed by atoms with E-state index in [0.29, 0.717) is 51.5 Å². The number of carbonyl (C=O) groups excluding carboxylic acids is 4. The standard InChI is InChI=1S/C21H22ClN5O2.C17H25NO3.C14H20BrNO3.C11H16N2O.C8H4ClN5O.C3H7BO2/c1-13(29-2)20-16(11-23-12-18(20)15-3-4-15)9-17(28)7-14-8-19(22)21(24-10-14)27-25-5-6-26-27;1-11(20-5)16-13(8-15(19)21-17(2,3)4)9-18-10-14(16)12-6-7-12;1-9(18-5)13-10(7-16-8-11(13)15)6-12(17)19-14(2,3)4;1-7(14-2)11-9(8-3-4-8)5-13-6-10(11)12;9-7-3-6(11-5-15)4-10-8(7)14-12-1-2-13-14;5-4(6)3-1-2-3/h5-6,8,10-13,15H,3-4,7,9H2,1-2H3;9-12H,6-8H2,1-5H3;7-9H,6H2,1-5H3;5-8H,3-4,12H2,1-2H3;1-4H;3,5-6H,1-2H2. The summed E-state index contributed by atoms with van der Waals surface area (Å²) in [5.74, 6) is 2.40. The minimum atomic E-state index is -1.04. The number of isocyanates is 1. The van der Waals surface area contributed by atoms with Gasteiger partial charge in [-0.2, -0.15) is 25.4 Å². The van der Waals surface area contributed by atoms with Crippen LogP contribution in [0, 0.1) is 0 Å². The zero-order valence-electron chi connectivity index (χ0n) is 61.4. The van der Waals surface area contributed by atoms with Crippen molar-refractivity contribution in [3.05, 3.63) is 175 Å². The van der Waals surface area contributed by atoms with E-state index < -0.39 is 18.3 Å². The van der Waals surface area contributed by atoms with Crippen LogP contribution in [-0.2, 0) is 73.3 Å². The Morgan fingerprint density at radius 2 is 0.942 bits per heavy atom. The Kier molecular flexibility index (Phi) is 31.4. The van der Waals surface area contributed by atoms with Crippen molar-refractivity contribution >= 4 is 81.4 Å². The molecule has 12 rings (SSSR count). The first-order valence-electron chi connectivity index (χ1n) is 34.3. The Morgan fingerprint density at radius 1 is 0.558 bits per heavy atom. The van der Waals surface area contributed by atoms with Gasteiger partial charge in [0.2, 0.25) is 6.08 Å². The van der Waals surface area contributed by atoms with Gasteiger partial charge < -0.3 is 44.2 Å². The Bertz CT molecular complexity index is 4160. The maximum Gasteiger partial charge on any atom is 0.454 e. The van der Waals surface area contributed by atoms with Gasteiger partial charge in [-0.05, 0) is 209 Å². The third kappa shape index (κ3) is 25.9. The summed E-state index contributed by atoms with van der Waals surface area (Å²) in [6, 6.07) is 3.22. The number of hydrogen-bond acceptors (Lipinski definition) is 24. The van der Waals surface area contributed by atoms with E-state index in [-0.39, 0.29) is 67.2 Å². The normalized spacial score (nSPS) is 14.9. The molecule has 26 nitrogen and oxygen atoms in total. The number of anilines is 1. The first-order valence-corrected chi connectivity index (χ1v) is 35.9. The lowest BCUT2D eigenvalue weighted by molar-refractivity contribution is -0.155. The van der Waals surface area contributed by atoms with Crippen LogP contribution in [0.15, 0.2) is 108 Å². The molecule has 8 aromatic heterocycles. The van der Waals surface area contributed by atoms with E-state index in [0.717, 1.165) is 67.5 Å². The second kappa shape index (κ2) is 39.3. The predicted molar refractivity (Wildman–Crippen MR) is 397 cm³/mol. The number of esters is 2. The number of carbonyl (C=O) groups is 3. The number of rotatable bonds is 23. The van der Waals surface area contributed by atoms with Crippen LogP contribution in [0.1, 0.15) is 224 Å². The highest BCUT2D eigenvalue weighted by atomic mass is 79.9. The molecule has 0 spiro atoms. The minimum Gasteiger partial charge on any atom is -0.460 e. The number of aliphatic imine (C=N–C) groups is 1. The van der Waals surface area contributed by atoms with Crippen molar-refractivity contribution in [2.24, 2.45) is 4.99 Å². The van der Waals surface area contributed by atoms with Crippen molar-refractivity contribution in [1.82, 2.24) is 59.9 Å². The van der Waals surface area contributed by atoms with Crippen LogP contribution in [0.5, 0.6) is 0 Å². The molecule has 8 heterocycles. The number of ketones is 1. The fourth-order valence-electron chi connectivity index (χ4n) is 11.0. The van der Waals surface area contributed by atoms with E-state index in [1.807, 2.05) is 87.8 Å². The number of pyridine rings is 6. The van der Waals surface area contributed by atoms with Crippen LogP contribution in [-0.4, -0.2) is 141 Å². The average molecular weight is 1530 g/mol. The lowest BCUT2D eigenvalue weighted by Crippen LogP contribution is -2.25. The molecule has 4 saturated carbocycles. The third-order valence-electron chi connectivity index (χ3n) is 16.8. The second-order valence-corrected chi connectivity index (χ2v) is 29.2. The van der Waals surface area contributed by atoms with Crippen LogP contribution in [0.2, 0.25) is 15.9 Å². The molecule has 4 aliphatic rings. The summed E-state index contributed by atoms with van der Waals surface area (Å²) in [6.45, 7) is 19.2. The zero-order valence-corrected chi connectivity index (χ0v) is 64.5. The van der Waals surface area contributed by atoms with Gasteiger partial charge in [-0.3, -0.25) is 34.3 Å². The minimum absolute atomic E-state index is 0.0407. The van der Waals surface area contributed by atoms with Crippen molar-refractivity contribution in [3.63, 3.8) is 0 Å². The zero-order chi connectivity index (χ0) is 76.0. The summed E-state index contributed by atoms with van der Waals surface area (Å²) in [7, 11) is 5.69. The summed E-state index contributed by atoms with van der Waals surface area (Å²) in [4.78, 5) is 78.0. The topological polar surface area (TPSA) is 341 Å². The number of hydrogen-bond donors (Lipinski definition) is 3. The van der Waals surface area contributed by atoms with Crippen LogP contribution < -0.4 is 5.73 Å². The number of halogens is 3. The molecule has 4 fully saturated rings. The first kappa shape index (κ1) is 83.1. The monoisotopic (exact) mass is 1530 g/mol. The molecule has 4 aliphatic carbocycles. The molecule has 0 amide bonds. The van der Waals surface area contributed by atoms with Gasteiger partial charge in [0.15, 0.2) is 11.6 Å². The molecular weight excluding hydrogens is 1440 g/mol. The fourth-order valence-corrected chi connectivity index (χ4v) is 12.2. The van der Waals surface area contributed by atoms with Crippen molar-refractivity contribution in [2.75, 3.05) is 34.2 Å². The molecule has 0 aromatic carbocycles. The maximum absolute atomic E-state index is 12.8. The van der Waals surface area contributed by atoms with E-state index in [1.165, 1.54) is 95.5 Å². The number of nitrogen functional groups attached to an aromatic ring is 1. The van der Waals surface area contributed by atoms with Gasteiger partial charge in [0.1, 0.15) is 17.0 Å². The number of nitrogens with two attached hydrogens (primary N) is 1. The average Bonchev–Trinajstić information content (AvgIpc) is 1.60. The molecule has 4 N–H and O–H groups in total. The Hall–Kier alpha value is -8.15. The van der Waals surface area contributed by atoms with Crippen molar-refractivity contribution in [3.8, 4) is 11.6 Å². The number of ether oxygens (including phenoxy) is 6. The molecule has 4 unspecified atom stereocenters. The second-order valence-electron chi connectivity index (χ2n) is 27.5. The molecule has 4 atom stereocenters. The van der Waals surface area contributed by atoms with E-state index in [2.05, 4.69) is 71.2 Å². The van der Waals surface area contributed by atoms with Crippen molar-refractivity contribution < 1.29 is 57.6 Å². The number of nitrogens with zero attached hydrogens (tertiary/aromatic N) is 13. The predicted octanol–water partition coefficient (Wildman–Crippen LogP) is 13.8. The van der Waals surface area contributed by atoms with Gasteiger partial charge in [-0.15, -0.1) is 9.59 Å². The smallest absolute Gasteiger partial charge is 0.454 e. The van der Waals surface area contributed by atoms with Crippen molar-refractivity contribution in [2.45, 2.75) is 205 Å². The summed E-state index contributed by atoms with van der Waals surface area (Å²) >= 11 is 15.7. The van der Waals surface area contributed by atoms with Gasteiger partial charge in [0.05, 0.1) is 95.9 Å². The molecule has 0 radical (unpaired) electrons. The highest BCUT2D eigenvalue weighted by Gasteiger charge is 2.34. The molecule has 104 heavy (non-hydrogen) atoms. The van der Waals surface area contributed by atoms with Gasteiger partial charge >= 0.3 is 19.1 Å². The maximum atomic E-state index is 12.8. The summed E-state index contributed by atoms with van der Waals surface area (Å²) in [6.07, 6.45) is 35.0. The lowest BCUT2D eigenvalue weighted by atomic mass is 9.84. The molecule has 0 bridgehead atoms. The Balaban J connectivity index is 0.000000182. The van der Waals surface area contributed by atoms with E-state index in [1.54, 1.807) is 84.1 Å². The van der Waals surface area contributed by atoms with Gasteiger partial charge in [0, 0.05) is 106 Å². The molecule has 30 heteroatoms. The highest BCUT2D eigenvalue weighted by Crippen LogP contribution is 2.47. The summed E-state index contributed by atoms with van der Waals surface area (Å²) in [5, 5.41) is 33.0. The molecule has 556 valence electrons. The Labute approximate surface area is 626 Å². The highest BCUT2D eigenvalue weighted by molar-refractivity contribution is 9.10. The van der Waals surface area contributed by atoms with Gasteiger partial charge in [-0.25, -0.2) is 14.8 Å². The van der Waals surface area contributed by atoms with E-state index in [9.17, 15) is 19.2 Å². The SMILES string of the molecule is COC(C)c1c(Br)cncc1CC(=O)OC(C)(C)C.COC(C)c1c(CC(=O)Cc2cnc(-n3nccn3)c(Cl)c2)cncc1C1CC1.COC(C)c1c(CC(=O)OC(C)(C)C)cncc1C1CC1.COC(C)c1c(N)cncc1C1CC1.O=C=Nc1cnc(-n2nccn2)c(Cl)c1.OB(O)C1CC1. The van der Waals surface area contributed by atoms with Gasteiger partial charge in [0.25, 0.3) is 0 Å². The number of aromatic nitrogens is 12. The number of Topliss-reactive ketones (excluding diaryl/α,β-unsaturated/α-hetero) is 1. The van der Waals surface area contributed by atoms with E-state index >= 15 is 0 Å². The van der Waals surface area contributed by atoms with Crippen molar-refractivity contribution in [1.29, 1.82) is 0 Å². The van der Waals surface area contributed by atoms with Crippen LogP contribution in [0.4, 0.5) is 11.4 Å². The molecular formula is C74H94BBrCl2N14O12. The van der Waals surface area contributed by atoms with E-state index in [4.69, 9.17) is 67.4 Å². The van der Waals surface area contributed by atoms with Crippen LogP contribution in [0.3, 0.4) is 0 Å². The molecule has 8 aromatic rings. The summed E-state index contributed by atoms with van der Waals surface area (Å²) in [5.41, 5.74) is 17.5. The van der Waals surface area contributed by atoms with Gasteiger partial charge in [-0.1, -0.05) is 36.0 Å². The quantitative estimate of drug-likeness (QED) is 0.0232.